The lowest BCUT2D eigenvalue weighted by atomic mass is 10.1. The minimum absolute atomic E-state index is 0.131. The Morgan fingerprint density at radius 3 is 2.26 bits per heavy atom. The SMILES string of the molecule is COc1ccc(NC(=O)c2ccccc2NC(=O)Cn2nc(C(=O)O)c3ccccc3c2=O)cc1. The van der Waals surface area contributed by atoms with E-state index in [4.69, 9.17) is 4.74 Å². The lowest BCUT2D eigenvalue weighted by molar-refractivity contribution is -0.117. The normalized spacial score (nSPS) is 10.5. The number of fused-ring (bicyclic) bond motifs is 1. The van der Waals surface area contributed by atoms with Gasteiger partial charge in [-0.25, -0.2) is 9.48 Å². The highest BCUT2D eigenvalue weighted by molar-refractivity contribution is 6.10. The molecule has 0 saturated heterocycles. The van der Waals surface area contributed by atoms with Crippen LogP contribution in [-0.4, -0.2) is 39.8 Å². The van der Waals surface area contributed by atoms with Crippen LogP contribution in [0.25, 0.3) is 10.8 Å². The Bertz CT molecular complexity index is 1490. The molecule has 176 valence electrons. The maximum absolute atomic E-state index is 12.8. The fourth-order valence-corrected chi connectivity index (χ4v) is 3.49. The summed E-state index contributed by atoms with van der Waals surface area (Å²) in [7, 11) is 1.54. The predicted octanol–water partition coefficient (Wildman–Crippen LogP) is 2.99. The van der Waals surface area contributed by atoms with E-state index in [1.807, 2.05) is 0 Å². The number of nitrogens with one attached hydrogen (secondary N) is 2. The number of rotatable bonds is 7. The van der Waals surface area contributed by atoms with Crippen molar-refractivity contribution in [1.82, 2.24) is 9.78 Å². The van der Waals surface area contributed by atoms with Gasteiger partial charge < -0.3 is 20.5 Å². The largest absolute Gasteiger partial charge is 0.497 e. The molecule has 10 nitrogen and oxygen atoms in total. The van der Waals surface area contributed by atoms with Gasteiger partial charge in [0.05, 0.1) is 23.7 Å². The van der Waals surface area contributed by atoms with Crippen LogP contribution in [0.3, 0.4) is 0 Å². The van der Waals surface area contributed by atoms with Gasteiger partial charge in [-0.05, 0) is 42.5 Å². The van der Waals surface area contributed by atoms with Crippen LogP contribution in [0.4, 0.5) is 11.4 Å². The first-order valence-corrected chi connectivity index (χ1v) is 10.4. The lowest BCUT2D eigenvalue weighted by Gasteiger charge is -2.13. The average Bonchev–Trinajstić information content (AvgIpc) is 2.86. The van der Waals surface area contributed by atoms with E-state index < -0.39 is 29.9 Å². The smallest absolute Gasteiger partial charge is 0.357 e. The molecule has 10 heteroatoms. The first-order valence-electron chi connectivity index (χ1n) is 10.4. The Balaban J connectivity index is 1.56. The fraction of sp³-hybridized carbons (Fsp3) is 0.0800. The van der Waals surface area contributed by atoms with Crippen molar-refractivity contribution < 1.29 is 24.2 Å². The number of carboxylic acids is 1. The maximum atomic E-state index is 12.8. The van der Waals surface area contributed by atoms with Gasteiger partial charge in [0, 0.05) is 11.1 Å². The molecule has 0 spiro atoms. The number of amides is 2. The van der Waals surface area contributed by atoms with Gasteiger partial charge in [-0.15, -0.1) is 0 Å². The molecule has 0 fully saturated rings. The summed E-state index contributed by atoms with van der Waals surface area (Å²) in [6.07, 6.45) is 0. The van der Waals surface area contributed by atoms with Crippen molar-refractivity contribution >= 4 is 39.9 Å². The minimum atomic E-state index is -1.32. The van der Waals surface area contributed by atoms with Crippen LogP contribution in [0.2, 0.25) is 0 Å². The number of nitrogens with zero attached hydrogens (tertiary/aromatic N) is 2. The molecule has 1 aromatic heterocycles. The third-order valence-electron chi connectivity index (χ3n) is 5.16. The molecule has 3 aromatic carbocycles. The van der Waals surface area contributed by atoms with Crippen LogP contribution in [0.1, 0.15) is 20.8 Å². The molecule has 0 aliphatic heterocycles. The number of carboxylic acid groups (broad SMARTS) is 1. The van der Waals surface area contributed by atoms with E-state index in [0.717, 1.165) is 4.68 Å². The maximum Gasteiger partial charge on any atom is 0.357 e. The van der Waals surface area contributed by atoms with Crippen molar-refractivity contribution in [3.63, 3.8) is 0 Å². The predicted molar refractivity (Wildman–Crippen MR) is 129 cm³/mol. The van der Waals surface area contributed by atoms with Crippen LogP contribution in [0.15, 0.2) is 77.6 Å². The zero-order chi connectivity index (χ0) is 24.9. The van der Waals surface area contributed by atoms with Gasteiger partial charge in [0.2, 0.25) is 5.91 Å². The number of aromatic carboxylic acids is 1. The summed E-state index contributed by atoms with van der Waals surface area (Å²) in [5.41, 5.74) is 0.00103. The number of methoxy groups -OCH3 is 1. The number of hydrogen-bond donors (Lipinski definition) is 3. The van der Waals surface area contributed by atoms with E-state index in [1.165, 1.54) is 25.3 Å². The fourth-order valence-electron chi connectivity index (χ4n) is 3.49. The molecule has 0 aliphatic carbocycles. The van der Waals surface area contributed by atoms with E-state index in [-0.39, 0.29) is 27.7 Å². The first-order chi connectivity index (χ1) is 16.9. The van der Waals surface area contributed by atoms with Crippen LogP contribution in [0.5, 0.6) is 5.75 Å². The van der Waals surface area contributed by atoms with E-state index >= 15 is 0 Å². The number of para-hydroxylation sites is 1. The van der Waals surface area contributed by atoms with E-state index in [9.17, 15) is 24.3 Å². The number of hydrogen-bond acceptors (Lipinski definition) is 6. The van der Waals surface area contributed by atoms with Crippen LogP contribution in [0, 0.1) is 0 Å². The molecule has 0 radical (unpaired) electrons. The molecule has 4 rings (SSSR count). The van der Waals surface area contributed by atoms with E-state index in [1.54, 1.807) is 54.6 Å². The number of carbonyl (C=O) groups excluding carboxylic acids is 2. The zero-order valence-corrected chi connectivity index (χ0v) is 18.5. The van der Waals surface area contributed by atoms with Crippen molar-refractivity contribution in [3.05, 3.63) is 94.4 Å². The van der Waals surface area contributed by atoms with Crippen molar-refractivity contribution in [2.45, 2.75) is 6.54 Å². The topological polar surface area (TPSA) is 140 Å². The Morgan fingerprint density at radius 1 is 0.914 bits per heavy atom. The van der Waals surface area contributed by atoms with Crippen molar-refractivity contribution in [2.24, 2.45) is 0 Å². The van der Waals surface area contributed by atoms with Crippen LogP contribution >= 0.6 is 0 Å². The highest BCUT2D eigenvalue weighted by Gasteiger charge is 2.18. The molecule has 0 saturated carbocycles. The number of aromatic nitrogens is 2. The summed E-state index contributed by atoms with van der Waals surface area (Å²) in [5.74, 6) is -1.80. The first kappa shape index (κ1) is 23.2. The second kappa shape index (κ2) is 9.87. The second-order valence-corrected chi connectivity index (χ2v) is 7.44. The molecule has 0 atom stereocenters. The molecular formula is C25H20N4O6. The summed E-state index contributed by atoms with van der Waals surface area (Å²) < 4.78 is 5.89. The van der Waals surface area contributed by atoms with Crippen LogP contribution < -0.4 is 20.9 Å². The highest BCUT2D eigenvalue weighted by atomic mass is 16.5. The number of benzene rings is 3. The van der Waals surface area contributed by atoms with E-state index in [2.05, 4.69) is 15.7 Å². The quantitative estimate of drug-likeness (QED) is 0.376. The zero-order valence-electron chi connectivity index (χ0n) is 18.5. The summed E-state index contributed by atoms with van der Waals surface area (Å²) >= 11 is 0. The van der Waals surface area contributed by atoms with Gasteiger partial charge in [0.1, 0.15) is 12.3 Å². The molecule has 35 heavy (non-hydrogen) atoms. The lowest BCUT2D eigenvalue weighted by Crippen LogP contribution is -2.31. The summed E-state index contributed by atoms with van der Waals surface area (Å²) in [6.45, 7) is -0.543. The van der Waals surface area contributed by atoms with Crippen molar-refractivity contribution in [3.8, 4) is 5.75 Å². The Kier molecular flexibility index (Phi) is 6.54. The molecule has 2 amide bonds. The molecular weight excluding hydrogens is 452 g/mol. The Morgan fingerprint density at radius 2 is 1.57 bits per heavy atom. The number of ether oxygens (including phenoxy) is 1. The molecule has 0 aliphatic rings. The minimum Gasteiger partial charge on any atom is -0.497 e. The van der Waals surface area contributed by atoms with Gasteiger partial charge >= 0.3 is 5.97 Å². The van der Waals surface area contributed by atoms with Gasteiger partial charge in [0.15, 0.2) is 5.69 Å². The molecule has 0 unspecified atom stereocenters. The van der Waals surface area contributed by atoms with Crippen molar-refractivity contribution in [2.75, 3.05) is 17.7 Å². The monoisotopic (exact) mass is 472 g/mol. The third-order valence-corrected chi connectivity index (χ3v) is 5.16. The van der Waals surface area contributed by atoms with Gasteiger partial charge in [0.25, 0.3) is 11.5 Å². The number of anilines is 2. The Labute approximate surface area is 198 Å². The van der Waals surface area contributed by atoms with Gasteiger partial charge in [-0.1, -0.05) is 30.3 Å². The van der Waals surface area contributed by atoms with E-state index in [0.29, 0.717) is 11.4 Å². The summed E-state index contributed by atoms with van der Waals surface area (Å²) in [6, 6.07) is 19.3. The standard InChI is InChI=1S/C25H20N4O6/c1-35-16-12-10-15(11-13-16)26-23(31)19-8-4-5-9-20(19)27-21(30)14-29-24(32)18-7-3-2-6-17(18)22(28-29)25(33)34/h2-13H,14H2,1H3,(H,26,31)(H,27,30)(H,33,34). The summed E-state index contributed by atoms with van der Waals surface area (Å²) in [5, 5.41) is 19.0. The molecule has 4 aromatic rings. The highest BCUT2D eigenvalue weighted by Crippen LogP contribution is 2.20. The third kappa shape index (κ3) is 5.01. The van der Waals surface area contributed by atoms with Crippen molar-refractivity contribution in [1.29, 1.82) is 0 Å². The molecule has 1 heterocycles. The number of carbonyl (C=O) groups is 3. The van der Waals surface area contributed by atoms with Gasteiger partial charge in [-0.2, -0.15) is 5.10 Å². The summed E-state index contributed by atoms with van der Waals surface area (Å²) in [4.78, 5) is 50.0. The Hall–Kier alpha value is -4.99. The van der Waals surface area contributed by atoms with Crippen LogP contribution in [-0.2, 0) is 11.3 Å². The average molecular weight is 472 g/mol. The molecule has 0 bridgehead atoms. The molecule has 3 N–H and O–H groups in total. The second-order valence-electron chi connectivity index (χ2n) is 7.44. The van der Waals surface area contributed by atoms with Gasteiger partial charge in [-0.3, -0.25) is 14.4 Å².